The molecule has 1 saturated heterocycles. The summed E-state index contributed by atoms with van der Waals surface area (Å²) in [7, 11) is 1.42. The van der Waals surface area contributed by atoms with Gasteiger partial charge in [0.25, 0.3) is 5.56 Å². The van der Waals surface area contributed by atoms with E-state index in [0.717, 1.165) is 16.4 Å². The Kier molecular flexibility index (Phi) is 5.80. The molecule has 0 aliphatic carbocycles. The summed E-state index contributed by atoms with van der Waals surface area (Å²) >= 11 is 0. The van der Waals surface area contributed by atoms with E-state index in [4.69, 9.17) is 9.47 Å². The highest BCUT2D eigenvalue weighted by Crippen LogP contribution is 2.44. The van der Waals surface area contributed by atoms with Gasteiger partial charge in [0.2, 0.25) is 5.95 Å². The van der Waals surface area contributed by atoms with E-state index in [1.54, 1.807) is 24.3 Å². The van der Waals surface area contributed by atoms with Crippen molar-refractivity contribution in [1.29, 1.82) is 0 Å². The van der Waals surface area contributed by atoms with Gasteiger partial charge >= 0.3 is 6.18 Å². The van der Waals surface area contributed by atoms with Crippen LogP contribution >= 0.6 is 0 Å². The van der Waals surface area contributed by atoms with Crippen molar-refractivity contribution in [3.63, 3.8) is 0 Å². The second-order valence-electron chi connectivity index (χ2n) is 8.08. The zero-order valence-electron chi connectivity index (χ0n) is 17.8. The highest BCUT2D eigenvalue weighted by Gasteiger charge is 2.60. The Balaban J connectivity index is 1.76. The van der Waals surface area contributed by atoms with E-state index in [1.807, 2.05) is 4.90 Å². The van der Waals surface area contributed by atoms with Crippen molar-refractivity contribution in [2.24, 2.45) is 0 Å². The number of fused-ring (bicyclic) bond motifs is 1. The van der Waals surface area contributed by atoms with Crippen LogP contribution in [0.5, 0.6) is 5.75 Å². The average molecular weight is 454 g/mol. The number of anilines is 2. The molecule has 1 fully saturated rings. The topological polar surface area (TPSA) is 80.1 Å². The van der Waals surface area contributed by atoms with E-state index < -0.39 is 36.5 Å². The first-order valence-corrected chi connectivity index (χ1v) is 10.3. The summed E-state index contributed by atoms with van der Waals surface area (Å²) in [4.78, 5) is 20.0. The number of aliphatic hydroxyl groups excluding tert-OH is 1. The van der Waals surface area contributed by atoms with Crippen molar-refractivity contribution >= 4 is 11.8 Å². The van der Waals surface area contributed by atoms with Gasteiger partial charge < -0.3 is 24.4 Å². The Morgan fingerprint density at radius 1 is 1.28 bits per heavy atom. The second kappa shape index (κ2) is 8.28. The molecule has 32 heavy (non-hydrogen) atoms. The minimum atomic E-state index is -4.67. The zero-order valence-corrected chi connectivity index (χ0v) is 17.8. The number of aliphatic hydroxyl groups is 1. The van der Waals surface area contributed by atoms with Crippen LogP contribution in [0.15, 0.2) is 35.1 Å². The van der Waals surface area contributed by atoms with Gasteiger partial charge in [0.15, 0.2) is 5.54 Å². The van der Waals surface area contributed by atoms with E-state index in [9.17, 15) is 23.1 Å². The van der Waals surface area contributed by atoms with Crippen LogP contribution in [0.25, 0.3) is 0 Å². The molecule has 1 N–H and O–H groups in total. The molecule has 2 atom stereocenters. The van der Waals surface area contributed by atoms with Crippen LogP contribution in [0.1, 0.15) is 18.6 Å². The molecule has 0 amide bonds. The molecule has 0 bridgehead atoms. The number of alkyl halides is 3. The number of methoxy groups -OCH3 is 1. The highest BCUT2D eigenvalue weighted by molar-refractivity contribution is 5.50. The number of nitrogens with zero attached hydrogens (tertiary/aromatic N) is 4. The number of morpholine rings is 1. The quantitative estimate of drug-likeness (QED) is 0.740. The summed E-state index contributed by atoms with van der Waals surface area (Å²) in [5.41, 5.74) is -2.63. The van der Waals surface area contributed by atoms with E-state index >= 15 is 0 Å². The molecule has 174 valence electrons. The molecule has 0 radical (unpaired) electrons. The molecule has 3 heterocycles. The molecular weight excluding hydrogens is 429 g/mol. The molecule has 11 heteroatoms. The average Bonchev–Trinajstić information content (AvgIpc) is 3.07. The van der Waals surface area contributed by atoms with Crippen molar-refractivity contribution in [2.45, 2.75) is 31.3 Å². The maximum atomic E-state index is 14.2. The molecular formula is C21H25F3N4O4. The number of hydrogen-bond donors (Lipinski definition) is 1. The lowest BCUT2D eigenvalue weighted by Crippen LogP contribution is -2.57. The van der Waals surface area contributed by atoms with Gasteiger partial charge in [-0.2, -0.15) is 18.2 Å². The minimum absolute atomic E-state index is 0.118. The van der Waals surface area contributed by atoms with Crippen molar-refractivity contribution in [3.8, 4) is 5.75 Å². The summed E-state index contributed by atoms with van der Waals surface area (Å²) in [6.45, 7) is 1.83. The second-order valence-corrected chi connectivity index (χ2v) is 8.08. The zero-order chi connectivity index (χ0) is 23.1. The smallest absolute Gasteiger partial charge is 0.413 e. The molecule has 2 aromatic rings. The molecule has 2 aliphatic rings. The maximum Gasteiger partial charge on any atom is 0.413 e. The first-order valence-electron chi connectivity index (χ1n) is 10.3. The van der Waals surface area contributed by atoms with Crippen LogP contribution in [-0.2, 0) is 11.3 Å². The fraction of sp³-hybridized carbons (Fsp3) is 0.524. The molecule has 8 nitrogen and oxygen atoms in total. The SMILES string of the molecule is COc1ccccc1[C@@H](O)CN1c2nc(N3CCOCC3)cc(=O)n2C[C@@]1(C)C(F)(F)F. The normalized spacial score (nSPS) is 22.1. The monoisotopic (exact) mass is 454 g/mol. The number of rotatable bonds is 5. The maximum absolute atomic E-state index is 14.2. The highest BCUT2D eigenvalue weighted by atomic mass is 19.4. The van der Waals surface area contributed by atoms with Gasteiger partial charge in [-0.15, -0.1) is 0 Å². The third-order valence-corrected chi connectivity index (χ3v) is 6.08. The predicted octanol–water partition coefficient (Wildman–Crippen LogP) is 1.96. The van der Waals surface area contributed by atoms with Gasteiger partial charge in [0.1, 0.15) is 17.7 Å². The van der Waals surface area contributed by atoms with Crippen LogP contribution in [0, 0.1) is 0 Å². The number of hydrogen-bond acceptors (Lipinski definition) is 7. The summed E-state index contributed by atoms with van der Waals surface area (Å²) in [6.07, 6.45) is -5.98. The number of halogens is 3. The van der Waals surface area contributed by atoms with Crippen molar-refractivity contribution in [1.82, 2.24) is 9.55 Å². The molecule has 1 aromatic carbocycles. The lowest BCUT2D eigenvalue weighted by molar-refractivity contribution is -0.183. The Morgan fingerprint density at radius 3 is 2.62 bits per heavy atom. The molecule has 2 aliphatic heterocycles. The van der Waals surface area contributed by atoms with Crippen molar-refractivity contribution in [2.75, 3.05) is 49.8 Å². The standard InChI is InChI=1S/C21H25F3N4O4/c1-20(21(22,23)24)13-27-18(30)11-17(26-7-9-32-10-8-26)25-19(27)28(20)12-15(29)14-5-3-4-6-16(14)31-2/h3-6,11,15,29H,7-10,12-13H2,1-2H3/t15-,20-/m0/s1. The van der Waals surface area contributed by atoms with Crippen LogP contribution in [0.2, 0.25) is 0 Å². The molecule has 0 unspecified atom stereocenters. The fourth-order valence-electron chi connectivity index (χ4n) is 4.14. The molecule has 4 rings (SSSR count). The molecule has 0 saturated carbocycles. The first-order chi connectivity index (χ1) is 15.2. The Bertz CT molecular complexity index is 1040. The molecule has 0 spiro atoms. The van der Waals surface area contributed by atoms with Crippen LogP contribution < -0.4 is 20.1 Å². The summed E-state index contributed by atoms with van der Waals surface area (Å²) in [6, 6.07) is 7.84. The van der Waals surface area contributed by atoms with Gasteiger partial charge in [0.05, 0.1) is 33.4 Å². The van der Waals surface area contributed by atoms with Crippen molar-refractivity contribution < 1.29 is 27.8 Å². The summed E-state index contributed by atoms with van der Waals surface area (Å²) in [5, 5.41) is 10.9. The van der Waals surface area contributed by atoms with Crippen LogP contribution in [0.3, 0.4) is 0 Å². The first kappa shape index (κ1) is 22.4. The Morgan fingerprint density at radius 2 is 1.97 bits per heavy atom. The lowest BCUT2D eigenvalue weighted by atomic mass is 9.99. The Hall–Kier alpha value is -2.79. The number of aromatic nitrogens is 2. The third kappa shape index (κ3) is 3.79. The fourth-order valence-corrected chi connectivity index (χ4v) is 4.14. The lowest BCUT2D eigenvalue weighted by Gasteiger charge is -2.38. The van der Waals surface area contributed by atoms with E-state index in [2.05, 4.69) is 4.98 Å². The van der Waals surface area contributed by atoms with Crippen LogP contribution in [-0.4, -0.2) is 66.3 Å². The number of benzene rings is 1. The van der Waals surface area contributed by atoms with E-state index in [-0.39, 0.29) is 5.95 Å². The predicted molar refractivity (Wildman–Crippen MR) is 111 cm³/mol. The Labute approximate surface area is 182 Å². The largest absolute Gasteiger partial charge is 0.496 e. The number of ether oxygens (including phenoxy) is 2. The van der Waals surface area contributed by atoms with Gasteiger partial charge in [-0.25, -0.2) is 0 Å². The van der Waals surface area contributed by atoms with Gasteiger partial charge in [-0.1, -0.05) is 18.2 Å². The van der Waals surface area contributed by atoms with E-state index in [1.165, 1.54) is 13.2 Å². The van der Waals surface area contributed by atoms with Gasteiger partial charge in [-0.05, 0) is 13.0 Å². The van der Waals surface area contributed by atoms with Crippen molar-refractivity contribution in [3.05, 3.63) is 46.2 Å². The van der Waals surface area contributed by atoms with Gasteiger partial charge in [-0.3, -0.25) is 9.36 Å². The minimum Gasteiger partial charge on any atom is -0.496 e. The number of β-amino-alcohol motifs (C(OH)–C–C–N with tert-alkyl or cyclic N) is 1. The van der Waals surface area contributed by atoms with Crippen LogP contribution in [0.4, 0.5) is 24.9 Å². The summed E-state index contributed by atoms with van der Waals surface area (Å²) in [5.74, 6) is 0.542. The number of para-hydroxylation sites is 1. The third-order valence-electron chi connectivity index (χ3n) is 6.08. The summed E-state index contributed by atoms with van der Waals surface area (Å²) < 4.78 is 54.3. The van der Waals surface area contributed by atoms with E-state index in [0.29, 0.717) is 43.4 Å². The van der Waals surface area contributed by atoms with Gasteiger partial charge in [0, 0.05) is 24.7 Å². The molecule has 1 aromatic heterocycles.